The Bertz CT molecular complexity index is 1220. The van der Waals surface area contributed by atoms with Crippen LogP contribution in [0.25, 0.3) is 11.0 Å². The average Bonchev–Trinajstić information content (AvgIpc) is 3.07. The monoisotopic (exact) mass is 372 g/mol. The van der Waals surface area contributed by atoms with E-state index in [2.05, 4.69) is 38.1 Å². The van der Waals surface area contributed by atoms with Crippen LogP contribution in [0.3, 0.4) is 0 Å². The van der Waals surface area contributed by atoms with E-state index in [1.165, 1.54) is 5.56 Å². The molecule has 0 bridgehead atoms. The summed E-state index contributed by atoms with van der Waals surface area (Å²) in [5.41, 5.74) is 4.90. The predicted molar refractivity (Wildman–Crippen MR) is 108 cm³/mol. The molecule has 1 aromatic heterocycles. The smallest absolute Gasteiger partial charge is 0.264 e. The molecule has 3 nitrogen and oxygen atoms in total. The summed E-state index contributed by atoms with van der Waals surface area (Å²) >= 11 is 6.33. The Kier molecular flexibility index (Phi) is 3.34. The third kappa shape index (κ3) is 2.15. The Morgan fingerprint density at radius 1 is 1.00 bits per heavy atom. The number of carbonyl (C=O) groups excluding carboxylic acids is 1. The van der Waals surface area contributed by atoms with E-state index in [1.807, 2.05) is 36.4 Å². The summed E-state index contributed by atoms with van der Waals surface area (Å²) in [5.74, 6) is 0.669. The molecule has 0 saturated carbocycles. The molecular formula is C23H17ClN2O. The van der Waals surface area contributed by atoms with Crippen molar-refractivity contribution in [3.8, 4) is 0 Å². The molecule has 4 heteroatoms. The van der Waals surface area contributed by atoms with Crippen LogP contribution in [0.1, 0.15) is 39.8 Å². The molecule has 0 spiro atoms. The van der Waals surface area contributed by atoms with Crippen molar-refractivity contribution in [1.82, 2.24) is 9.55 Å². The zero-order valence-corrected chi connectivity index (χ0v) is 15.8. The van der Waals surface area contributed by atoms with Crippen molar-refractivity contribution in [3.05, 3.63) is 99.8 Å². The van der Waals surface area contributed by atoms with Gasteiger partial charge in [-0.15, -0.1) is 0 Å². The predicted octanol–water partition coefficient (Wildman–Crippen LogP) is 5.35. The molecule has 1 unspecified atom stereocenters. The molecule has 132 valence electrons. The molecule has 1 atom stereocenters. The van der Waals surface area contributed by atoms with Crippen LogP contribution in [0.5, 0.6) is 0 Å². The Morgan fingerprint density at radius 2 is 1.74 bits per heavy atom. The van der Waals surface area contributed by atoms with Crippen molar-refractivity contribution in [2.45, 2.75) is 19.3 Å². The lowest BCUT2D eigenvalue weighted by Crippen LogP contribution is -2.38. The Hall–Kier alpha value is -2.91. The molecule has 0 radical (unpaired) electrons. The van der Waals surface area contributed by atoms with Gasteiger partial charge in [-0.25, -0.2) is 4.98 Å². The van der Waals surface area contributed by atoms with Gasteiger partial charge in [0.1, 0.15) is 5.82 Å². The van der Waals surface area contributed by atoms with Gasteiger partial charge in [-0.1, -0.05) is 53.6 Å². The highest BCUT2D eigenvalue weighted by atomic mass is 35.5. The summed E-state index contributed by atoms with van der Waals surface area (Å²) in [6.45, 7) is 4.19. The van der Waals surface area contributed by atoms with Crippen LogP contribution in [0.4, 0.5) is 0 Å². The number of aryl methyl sites for hydroxylation is 1. The number of imidazole rings is 1. The number of para-hydroxylation sites is 2. The van der Waals surface area contributed by atoms with Gasteiger partial charge in [0.25, 0.3) is 5.91 Å². The number of aromatic nitrogens is 2. The molecule has 4 aromatic rings. The summed E-state index contributed by atoms with van der Waals surface area (Å²) < 4.78 is 1.76. The number of nitrogens with zero attached hydrogens (tertiary/aromatic N) is 2. The molecule has 0 N–H and O–H groups in total. The quantitative estimate of drug-likeness (QED) is 0.451. The van der Waals surface area contributed by atoms with Gasteiger partial charge < -0.3 is 0 Å². The van der Waals surface area contributed by atoms with E-state index in [-0.39, 0.29) is 5.91 Å². The zero-order chi connectivity index (χ0) is 18.8. The Balaban J connectivity index is 1.93. The molecule has 5 rings (SSSR count). The van der Waals surface area contributed by atoms with Crippen molar-refractivity contribution < 1.29 is 4.79 Å². The number of halogens is 1. The largest absolute Gasteiger partial charge is 0.268 e. The summed E-state index contributed by atoms with van der Waals surface area (Å²) in [6, 6.07) is 21.7. The topological polar surface area (TPSA) is 34.9 Å². The van der Waals surface area contributed by atoms with E-state index in [0.717, 1.165) is 28.0 Å². The SMILES string of the molecule is Cc1ccc(C2(C)c3cc(Cl)ccc3C(=O)n3c2nc2ccccc23)cc1. The minimum absolute atomic E-state index is 0.0602. The van der Waals surface area contributed by atoms with Crippen LogP contribution in [-0.2, 0) is 5.41 Å². The molecule has 27 heavy (non-hydrogen) atoms. The van der Waals surface area contributed by atoms with Crippen LogP contribution >= 0.6 is 11.6 Å². The molecule has 0 fully saturated rings. The first-order chi connectivity index (χ1) is 13.0. The van der Waals surface area contributed by atoms with Crippen molar-refractivity contribution >= 4 is 28.5 Å². The molecule has 3 aromatic carbocycles. The van der Waals surface area contributed by atoms with E-state index in [0.29, 0.717) is 10.6 Å². The Morgan fingerprint density at radius 3 is 2.52 bits per heavy atom. The highest BCUT2D eigenvalue weighted by molar-refractivity contribution is 6.30. The number of hydrogen-bond donors (Lipinski definition) is 0. The standard InChI is InChI=1S/C23H17ClN2O/c1-14-7-9-15(10-8-14)23(2)18-13-16(24)11-12-17(18)21(27)26-20-6-4-3-5-19(20)25-22(23)26/h3-13H,1-2H3. The van der Waals surface area contributed by atoms with E-state index in [1.54, 1.807) is 10.6 Å². The summed E-state index contributed by atoms with van der Waals surface area (Å²) in [5, 5.41) is 0.615. The second-order valence-electron chi connectivity index (χ2n) is 7.25. The average molecular weight is 373 g/mol. The molecule has 0 aliphatic carbocycles. The van der Waals surface area contributed by atoms with Gasteiger partial charge in [0.05, 0.1) is 16.4 Å². The molecule has 1 aliphatic heterocycles. The van der Waals surface area contributed by atoms with Gasteiger partial charge in [0.15, 0.2) is 0 Å². The molecule has 2 heterocycles. The van der Waals surface area contributed by atoms with Gasteiger partial charge in [-0.3, -0.25) is 9.36 Å². The number of rotatable bonds is 1. The number of carbonyl (C=O) groups is 1. The molecular weight excluding hydrogens is 356 g/mol. The maximum absolute atomic E-state index is 13.3. The third-order valence-electron chi connectivity index (χ3n) is 5.59. The van der Waals surface area contributed by atoms with E-state index >= 15 is 0 Å². The normalized spacial score (nSPS) is 18.4. The van der Waals surface area contributed by atoms with E-state index in [9.17, 15) is 4.79 Å². The maximum atomic E-state index is 13.3. The maximum Gasteiger partial charge on any atom is 0.264 e. The number of hydrogen-bond acceptors (Lipinski definition) is 2. The minimum atomic E-state index is -0.582. The highest BCUT2D eigenvalue weighted by Gasteiger charge is 2.44. The highest BCUT2D eigenvalue weighted by Crippen LogP contribution is 2.45. The molecule has 0 saturated heterocycles. The first kappa shape index (κ1) is 16.3. The number of benzene rings is 3. The van der Waals surface area contributed by atoms with Crippen LogP contribution in [0.2, 0.25) is 5.02 Å². The van der Waals surface area contributed by atoms with Crippen molar-refractivity contribution in [1.29, 1.82) is 0 Å². The molecule has 0 amide bonds. The second-order valence-corrected chi connectivity index (χ2v) is 7.68. The van der Waals surface area contributed by atoms with E-state index < -0.39 is 5.41 Å². The van der Waals surface area contributed by atoms with Gasteiger partial charge in [-0.2, -0.15) is 0 Å². The number of fused-ring (bicyclic) bond motifs is 4. The van der Waals surface area contributed by atoms with Crippen LogP contribution in [-0.4, -0.2) is 15.5 Å². The Labute approximate surface area is 162 Å². The minimum Gasteiger partial charge on any atom is -0.268 e. The lowest BCUT2D eigenvalue weighted by Gasteiger charge is -2.36. The third-order valence-corrected chi connectivity index (χ3v) is 5.83. The van der Waals surface area contributed by atoms with Crippen LogP contribution < -0.4 is 0 Å². The lowest BCUT2D eigenvalue weighted by molar-refractivity contribution is 0.0949. The summed E-state index contributed by atoms with van der Waals surface area (Å²) in [6.07, 6.45) is 0. The second kappa shape index (κ2) is 5.54. The van der Waals surface area contributed by atoms with Crippen molar-refractivity contribution in [3.63, 3.8) is 0 Å². The fourth-order valence-corrected chi connectivity index (χ4v) is 4.27. The van der Waals surface area contributed by atoms with Crippen LogP contribution in [0, 0.1) is 6.92 Å². The summed E-state index contributed by atoms with van der Waals surface area (Å²) in [7, 11) is 0. The first-order valence-corrected chi connectivity index (χ1v) is 9.28. The lowest BCUT2D eigenvalue weighted by atomic mass is 9.71. The van der Waals surface area contributed by atoms with Crippen LogP contribution in [0.15, 0.2) is 66.7 Å². The first-order valence-electron chi connectivity index (χ1n) is 8.90. The zero-order valence-electron chi connectivity index (χ0n) is 15.0. The van der Waals surface area contributed by atoms with Crippen molar-refractivity contribution in [2.75, 3.05) is 0 Å². The fraction of sp³-hybridized carbons (Fsp3) is 0.130. The van der Waals surface area contributed by atoms with Gasteiger partial charge in [0.2, 0.25) is 0 Å². The van der Waals surface area contributed by atoms with Gasteiger partial charge >= 0.3 is 0 Å². The summed E-state index contributed by atoms with van der Waals surface area (Å²) in [4.78, 5) is 18.2. The van der Waals surface area contributed by atoms with Gasteiger partial charge in [-0.05, 0) is 55.3 Å². The van der Waals surface area contributed by atoms with Gasteiger partial charge in [0, 0.05) is 10.6 Å². The fourth-order valence-electron chi connectivity index (χ4n) is 4.10. The molecule has 1 aliphatic rings. The van der Waals surface area contributed by atoms with Crippen molar-refractivity contribution in [2.24, 2.45) is 0 Å². The van der Waals surface area contributed by atoms with E-state index in [4.69, 9.17) is 16.6 Å².